The maximum absolute atomic E-state index is 12.4. The number of carbonyl (C=O) groups is 1. The first-order valence-corrected chi connectivity index (χ1v) is 7.25. The minimum absolute atomic E-state index is 0.162. The number of amides is 1. The van der Waals surface area contributed by atoms with Gasteiger partial charge in [-0.1, -0.05) is 0 Å². The number of aromatic amines is 1. The number of imidazole rings is 1. The summed E-state index contributed by atoms with van der Waals surface area (Å²) in [6.07, 6.45) is 8.21. The Morgan fingerprint density at radius 1 is 1.43 bits per heavy atom. The van der Waals surface area contributed by atoms with Crippen LogP contribution >= 0.6 is 0 Å². The monoisotopic (exact) mass is 313 g/mol. The second-order valence-corrected chi connectivity index (χ2v) is 5.35. The van der Waals surface area contributed by atoms with Gasteiger partial charge >= 0.3 is 0 Å². The molecule has 0 saturated carbocycles. The Morgan fingerprint density at radius 2 is 2.39 bits per heavy atom. The molecule has 118 valence electrons. The zero-order chi connectivity index (χ0) is 15.6. The number of aromatic nitrogens is 4. The van der Waals surface area contributed by atoms with E-state index >= 15 is 0 Å². The standard InChI is InChI=1S/C15H15N5O3/c21-15(10-1-2-20-9-16-4-11(20)3-10)19-13-7-22-8-14(13)23-12-5-17-18-6-12/h1-6,9,13-14H,7-8H2,(H,17,18)(H,19,21)/t13-,14+/m0/s1. The first-order valence-electron chi connectivity index (χ1n) is 7.25. The number of carbonyl (C=O) groups excluding carboxylic acids is 1. The Morgan fingerprint density at radius 3 is 3.26 bits per heavy atom. The molecule has 0 unspecified atom stereocenters. The van der Waals surface area contributed by atoms with Gasteiger partial charge in [0.15, 0.2) is 5.75 Å². The molecular formula is C15H15N5O3. The van der Waals surface area contributed by atoms with Crippen molar-refractivity contribution in [1.29, 1.82) is 0 Å². The number of hydrogen-bond donors (Lipinski definition) is 2. The molecule has 0 spiro atoms. The van der Waals surface area contributed by atoms with E-state index in [1.54, 1.807) is 37.1 Å². The van der Waals surface area contributed by atoms with Crippen LogP contribution in [0.3, 0.4) is 0 Å². The summed E-state index contributed by atoms with van der Waals surface area (Å²) >= 11 is 0. The molecule has 1 aliphatic rings. The van der Waals surface area contributed by atoms with E-state index in [1.165, 1.54) is 0 Å². The highest BCUT2D eigenvalue weighted by molar-refractivity contribution is 5.95. The Labute approximate surface area is 131 Å². The summed E-state index contributed by atoms with van der Waals surface area (Å²) in [5.74, 6) is 0.463. The van der Waals surface area contributed by atoms with Gasteiger partial charge in [-0.15, -0.1) is 0 Å². The van der Waals surface area contributed by atoms with Crippen LogP contribution in [0.4, 0.5) is 0 Å². The van der Waals surface area contributed by atoms with Crippen LogP contribution in [-0.2, 0) is 4.74 Å². The van der Waals surface area contributed by atoms with Gasteiger partial charge in [-0.3, -0.25) is 9.89 Å². The molecule has 4 rings (SSSR count). The van der Waals surface area contributed by atoms with E-state index in [4.69, 9.17) is 9.47 Å². The number of hydrogen-bond acceptors (Lipinski definition) is 5. The predicted octanol–water partition coefficient (Wildman–Crippen LogP) is 0.634. The van der Waals surface area contributed by atoms with E-state index < -0.39 is 0 Å². The van der Waals surface area contributed by atoms with Crippen LogP contribution in [0.5, 0.6) is 5.75 Å². The van der Waals surface area contributed by atoms with Gasteiger partial charge in [0, 0.05) is 11.8 Å². The van der Waals surface area contributed by atoms with Crippen molar-refractivity contribution in [3.63, 3.8) is 0 Å². The summed E-state index contributed by atoms with van der Waals surface area (Å²) in [6, 6.07) is 3.34. The van der Waals surface area contributed by atoms with Crippen molar-refractivity contribution in [2.75, 3.05) is 13.2 Å². The van der Waals surface area contributed by atoms with Crippen LogP contribution in [0.2, 0.25) is 0 Å². The van der Waals surface area contributed by atoms with Crippen LogP contribution in [0.15, 0.2) is 43.2 Å². The number of H-pyrrole nitrogens is 1. The highest BCUT2D eigenvalue weighted by Gasteiger charge is 2.31. The van der Waals surface area contributed by atoms with Gasteiger partial charge in [-0.25, -0.2) is 4.98 Å². The van der Waals surface area contributed by atoms with Crippen molar-refractivity contribution >= 4 is 11.4 Å². The molecule has 3 aromatic heterocycles. The molecule has 1 fully saturated rings. The summed E-state index contributed by atoms with van der Waals surface area (Å²) in [4.78, 5) is 16.5. The fraction of sp³-hybridized carbons (Fsp3) is 0.267. The molecule has 0 aliphatic carbocycles. The van der Waals surface area contributed by atoms with E-state index in [2.05, 4.69) is 20.5 Å². The molecular weight excluding hydrogens is 298 g/mol. The second kappa shape index (κ2) is 5.73. The van der Waals surface area contributed by atoms with Crippen molar-refractivity contribution in [3.8, 4) is 5.75 Å². The summed E-state index contributed by atoms with van der Waals surface area (Å²) in [5.41, 5.74) is 1.44. The van der Waals surface area contributed by atoms with Crippen molar-refractivity contribution < 1.29 is 14.3 Å². The average Bonchev–Trinajstić information content (AvgIpc) is 3.29. The molecule has 2 N–H and O–H groups in total. The predicted molar refractivity (Wildman–Crippen MR) is 80.3 cm³/mol. The zero-order valence-electron chi connectivity index (χ0n) is 12.2. The van der Waals surface area contributed by atoms with Gasteiger partial charge in [-0.2, -0.15) is 5.10 Å². The molecule has 1 aliphatic heterocycles. The Kier molecular flexibility index (Phi) is 3.43. The van der Waals surface area contributed by atoms with Crippen LogP contribution in [0.25, 0.3) is 5.52 Å². The third-order valence-electron chi connectivity index (χ3n) is 3.78. The molecule has 0 aromatic carbocycles. The zero-order valence-corrected chi connectivity index (χ0v) is 12.2. The van der Waals surface area contributed by atoms with Crippen molar-refractivity contribution in [1.82, 2.24) is 24.9 Å². The SMILES string of the molecule is O=C(N[C@H]1COC[C@H]1Oc1cn[nH]c1)c1ccn2cncc2c1. The highest BCUT2D eigenvalue weighted by Crippen LogP contribution is 2.16. The van der Waals surface area contributed by atoms with Gasteiger partial charge < -0.3 is 19.2 Å². The van der Waals surface area contributed by atoms with E-state index in [0.717, 1.165) is 5.52 Å². The van der Waals surface area contributed by atoms with E-state index in [1.807, 2.05) is 10.6 Å². The summed E-state index contributed by atoms with van der Waals surface area (Å²) in [7, 11) is 0. The van der Waals surface area contributed by atoms with Gasteiger partial charge in [0.25, 0.3) is 5.91 Å². The maximum Gasteiger partial charge on any atom is 0.251 e. The fourth-order valence-electron chi connectivity index (χ4n) is 2.58. The normalized spacial score (nSPS) is 20.7. The molecule has 3 aromatic rings. The summed E-state index contributed by atoms with van der Waals surface area (Å²) in [6.45, 7) is 0.848. The Balaban J connectivity index is 1.46. The highest BCUT2D eigenvalue weighted by atomic mass is 16.5. The van der Waals surface area contributed by atoms with E-state index in [0.29, 0.717) is 24.5 Å². The molecule has 8 heteroatoms. The van der Waals surface area contributed by atoms with Gasteiger partial charge in [0.2, 0.25) is 0 Å². The van der Waals surface area contributed by atoms with Crippen molar-refractivity contribution in [3.05, 3.63) is 48.8 Å². The van der Waals surface area contributed by atoms with Crippen LogP contribution in [-0.4, -0.2) is 50.8 Å². The largest absolute Gasteiger partial charge is 0.482 e. The molecule has 2 atom stereocenters. The van der Waals surface area contributed by atoms with Crippen molar-refractivity contribution in [2.45, 2.75) is 12.1 Å². The lowest BCUT2D eigenvalue weighted by Crippen LogP contribution is -2.45. The average molecular weight is 313 g/mol. The minimum atomic E-state index is -0.241. The lowest BCUT2D eigenvalue weighted by atomic mass is 10.1. The smallest absolute Gasteiger partial charge is 0.251 e. The molecule has 1 saturated heterocycles. The molecule has 0 radical (unpaired) electrons. The molecule has 1 amide bonds. The maximum atomic E-state index is 12.4. The number of rotatable bonds is 4. The summed E-state index contributed by atoms with van der Waals surface area (Å²) in [5, 5.41) is 9.49. The molecule has 0 bridgehead atoms. The number of pyridine rings is 1. The van der Waals surface area contributed by atoms with Gasteiger partial charge in [-0.05, 0) is 12.1 Å². The lowest BCUT2D eigenvalue weighted by molar-refractivity contribution is 0.0904. The Hall–Kier alpha value is -2.87. The van der Waals surface area contributed by atoms with Crippen LogP contribution in [0.1, 0.15) is 10.4 Å². The minimum Gasteiger partial charge on any atom is -0.482 e. The Bertz CT molecular complexity index is 814. The fourth-order valence-corrected chi connectivity index (χ4v) is 2.58. The third-order valence-corrected chi connectivity index (χ3v) is 3.78. The second-order valence-electron chi connectivity index (χ2n) is 5.35. The summed E-state index contributed by atoms with van der Waals surface area (Å²) < 4.78 is 13.1. The molecule has 8 nitrogen and oxygen atoms in total. The van der Waals surface area contributed by atoms with Crippen molar-refractivity contribution in [2.24, 2.45) is 0 Å². The quantitative estimate of drug-likeness (QED) is 0.737. The van der Waals surface area contributed by atoms with Crippen LogP contribution in [0, 0.1) is 0 Å². The number of nitrogens with zero attached hydrogens (tertiary/aromatic N) is 3. The first-order chi connectivity index (χ1) is 11.3. The third kappa shape index (κ3) is 2.76. The van der Waals surface area contributed by atoms with Gasteiger partial charge in [0.05, 0.1) is 49.7 Å². The molecule has 23 heavy (non-hydrogen) atoms. The topological polar surface area (TPSA) is 93.5 Å². The van der Waals surface area contributed by atoms with E-state index in [-0.39, 0.29) is 18.1 Å². The number of fused-ring (bicyclic) bond motifs is 1. The van der Waals surface area contributed by atoms with E-state index in [9.17, 15) is 4.79 Å². The number of ether oxygens (including phenoxy) is 2. The number of nitrogens with one attached hydrogen (secondary N) is 2. The van der Waals surface area contributed by atoms with Gasteiger partial charge in [0.1, 0.15) is 6.10 Å². The molecule has 4 heterocycles. The lowest BCUT2D eigenvalue weighted by Gasteiger charge is -2.19. The van der Waals surface area contributed by atoms with Crippen LogP contribution < -0.4 is 10.1 Å². The first kappa shape index (κ1) is 13.8.